The van der Waals surface area contributed by atoms with E-state index in [-0.39, 0.29) is 59.8 Å². The van der Waals surface area contributed by atoms with Crippen LogP contribution in [0.4, 0.5) is 22.7 Å². The third-order valence-electron chi connectivity index (χ3n) is 11.9. The summed E-state index contributed by atoms with van der Waals surface area (Å²) < 4.78 is 95.0. The molecule has 5 nitrogen and oxygen atoms in total. The summed E-state index contributed by atoms with van der Waals surface area (Å²) in [6.07, 6.45) is 1.84. The monoisotopic (exact) mass is 1070 g/mol. The standard InChI is InChI=1S/C62H53N4O.Pt/c1-61(2,3)46-31-28-42(29-32-46)45-30-35-56-54(38-45)53-34-33-50(41-58(53)66(56)59-39-47(36-37-63-59)62(4,5)6)67-49-23-16-22-48(40-49)65(7)57-27-15-14-26-55(57)64-60-51(43-18-10-8-11-19-43)24-17-25-52(60)44-20-12-9-13-21-44;/h8-39,64H,7H2,1-6H3;/q-3;/i8D,9D,10D,11D,12D,13D,18D,19D,20D,21D;. The van der Waals surface area contributed by atoms with E-state index in [0.717, 1.165) is 44.3 Å². The van der Waals surface area contributed by atoms with Crippen molar-refractivity contribution in [1.82, 2.24) is 9.55 Å². The van der Waals surface area contributed by atoms with Crippen molar-refractivity contribution in [2.45, 2.75) is 52.4 Å². The Labute approximate surface area is 429 Å². The van der Waals surface area contributed by atoms with Crippen LogP contribution >= 0.6 is 0 Å². The van der Waals surface area contributed by atoms with Crippen LogP contribution < -0.4 is 15.0 Å². The Morgan fingerprint density at radius 2 is 1.24 bits per heavy atom. The number of ether oxygens (including phenoxy) is 1. The smallest absolute Gasteiger partial charge is 0.135 e. The van der Waals surface area contributed by atoms with Gasteiger partial charge in [0, 0.05) is 61.1 Å². The van der Waals surface area contributed by atoms with Crippen LogP contribution in [0.5, 0.6) is 11.5 Å². The molecule has 2 heterocycles. The molecule has 10 rings (SSSR count). The topological polar surface area (TPSA) is 42.3 Å². The summed E-state index contributed by atoms with van der Waals surface area (Å²) in [5.41, 5.74) is 7.74. The molecule has 0 saturated heterocycles. The van der Waals surface area contributed by atoms with Gasteiger partial charge in [0.15, 0.2) is 0 Å². The van der Waals surface area contributed by atoms with Gasteiger partial charge in [0.2, 0.25) is 0 Å². The molecule has 0 amide bonds. The number of aromatic nitrogens is 2. The minimum Gasteiger partial charge on any atom is -0.516 e. The zero-order valence-corrected chi connectivity index (χ0v) is 40.7. The summed E-state index contributed by atoms with van der Waals surface area (Å²) in [7, 11) is 4.42. The first kappa shape index (κ1) is 35.0. The molecule has 1 N–H and O–H groups in total. The number of rotatable bonds is 10. The summed E-state index contributed by atoms with van der Waals surface area (Å²) in [5.74, 6) is 1.55. The Morgan fingerprint density at radius 3 is 1.91 bits per heavy atom. The summed E-state index contributed by atoms with van der Waals surface area (Å²) in [6.45, 7) is 13.2. The molecule has 0 saturated carbocycles. The number of hydrogen-bond acceptors (Lipinski definition) is 4. The second kappa shape index (κ2) is 18.8. The summed E-state index contributed by atoms with van der Waals surface area (Å²) >= 11 is 0. The van der Waals surface area contributed by atoms with Gasteiger partial charge in [0.25, 0.3) is 0 Å². The molecule has 10 aromatic rings. The number of fused-ring (bicyclic) bond motifs is 3. The van der Waals surface area contributed by atoms with Gasteiger partial charge in [-0.3, -0.25) is 7.05 Å². The van der Waals surface area contributed by atoms with E-state index in [9.17, 15) is 0 Å². The second-order valence-electron chi connectivity index (χ2n) is 18.4. The third kappa shape index (κ3) is 9.24. The molecular formula is C62H53N4OPt-3. The summed E-state index contributed by atoms with van der Waals surface area (Å²) in [4.78, 5) is 6.52. The van der Waals surface area contributed by atoms with Crippen LogP contribution in [0.3, 0.4) is 0 Å². The number of pyridine rings is 1. The average molecular weight is 1080 g/mol. The molecule has 0 atom stereocenters. The molecule has 68 heavy (non-hydrogen) atoms. The molecule has 0 fully saturated rings. The van der Waals surface area contributed by atoms with Crippen molar-refractivity contribution in [2.75, 3.05) is 10.2 Å². The Bertz CT molecular complexity index is 3850. The van der Waals surface area contributed by atoms with Crippen molar-refractivity contribution in [2.24, 2.45) is 0 Å². The number of hydrogen-bond donors (Lipinski definition) is 1. The van der Waals surface area contributed by atoms with E-state index in [1.807, 2.05) is 36.5 Å². The van der Waals surface area contributed by atoms with E-state index in [0.29, 0.717) is 28.6 Å². The maximum Gasteiger partial charge on any atom is 0.135 e. The van der Waals surface area contributed by atoms with Gasteiger partial charge in [0.1, 0.15) is 5.82 Å². The number of nitrogens with zero attached hydrogens (tertiary/aromatic N) is 3. The number of nitrogens with one attached hydrogen (secondary N) is 1. The fourth-order valence-electron chi connectivity index (χ4n) is 8.30. The molecule has 6 heteroatoms. The number of benzene rings is 8. The quantitative estimate of drug-likeness (QED) is 0.139. The van der Waals surface area contributed by atoms with Crippen molar-refractivity contribution in [3.05, 3.63) is 224 Å². The summed E-state index contributed by atoms with van der Waals surface area (Å²) in [5, 5.41) is 5.40. The Kier molecular flexibility index (Phi) is 9.69. The van der Waals surface area contributed by atoms with Gasteiger partial charge in [-0.1, -0.05) is 174 Å². The minimum absolute atomic E-state index is 0. The zero-order valence-electron chi connectivity index (χ0n) is 48.5. The van der Waals surface area contributed by atoms with Crippen LogP contribution in [-0.4, -0.2) is 9.55 Å². The summed E-state index contributed by atoms with van der Waals surface area (Å²) in [6, 6.07) is 42.2. The van der Waals surface area contributed by atoms with Crippen LogP contribution in [0, 0.1) is 19.2 Å². The van der Waals surface area contributed by atoms with Gasteiger partial charge >= 0.3 is 0 Å². The van der Waals surface area contributed by atoms with Crippen molar-refractivity contribution in [3.8, 4) is 50.7 Å². The fourth-order valence-corrected chi connectivity index (χ4v) is 8.30. The van der Waals surface area contributed by atoms with Gasteiger partial charge in [-0.2, -0.15) is 12.1 Å². The molecule has 0 unspecified atom stereocenters. The Balaban J connectivity index is 0.00000740. The average Bonchev–Trinajstić information content (AvgIpc) is 3.96. The third-order valence-corrected chi connectivity index (χ3v) is 11.9. The maximum atomic E-state index is 8.93. The van der Waals surface area contributed by atoms with E-state index in [1.54, 1.807) is 53.4 Å². The largest absolute Gasteiger partial charge is 0.516 e. The normalized spacial score (nSPS) is 13.7. The van der Waals surface area contributed by atoms with Crippen LogP contribution in [0.15, 0.2) is 194 Å². The van der Waals surface area contributed by atoms with Crippen molar-refractivity contribution in [1.29, 1.82) is 0 Å². The molecule has 0 aliphatic heterocycles. The predicted octanol–water partition coefficient (Wildman–Crippen LogP) is 16.8. The molecule has 0 spiro atoms. The van der Waals surface area contributed by atoms with E-state index < -0.39 is 60.4 Å². The maximum absolute atomic E-state index is 8.93. The molecular weight excluding hydrogens is 1010 g/mol. The van der Waals surface area contributed by atoms with Gasteiger partial charge in [-0.25, -0.2) is 4.98 Å². The molecule has 0 bridgehead atoms. The molecule has 0 radical (unpaired) electrons. The molecule has 8 aromatic carbocycles. The van der Waals surface area contributed by atoms with E-state index in [1.165, 1.54) is 5.56 Å². The molecule has 2 aromatic heterocycles. The SMILES string of the molecule is [2H]c1c([2H])c([2H])c(-c2cccc(-c3c([2H])c([2H])c([2H])c([2H])c3[2H])c2Nc2ccccc2N([CH2-])c2[c-]c(Oc3[c-]c4c(cc3)c3cc(-c5ccc(C(C)(C)C)cc5)ccc3n4-c3cc(C(C)(C)C)ccn3)ccc2)c([2H])c1[2H].[Pt]. The second-order valence-corrected chi connectivity index (χ2v) is 18.4. The van der Waals surface area contributed by atoms with Crippen molar-refractivity contribution < 1.29 is 39.5 Å². The van der Waals surface area contributed by atoms with Crippen molar-refractivity contribution in [3.63, 3.8) is 0 Å². The fraction of sp³-hybridized carbons (Fsp3) is 0.129. The molecule has 340 valence electrons. The zero-order chi connectivity index (χ0) is 55.0. The minimum atomic E-state index is -0.575. The number of para-hydroxylation sites is 3. The van der Waals surface area contributed by atoms with Crippen LogP contribution in [0.1, 0.15) is 66.4 Å². The van der Waals surface area contributed by atoms with E-state index in [4.69, 9.17) is 23.4 Å². The van der Waals surface area contributed by atoms with E-state index in [2.05, 4.69) is 119 Å². The van der Waals surface area contributed by atoms with Gasteiger partial charge in [-0.05, 0) is 79.9 Å². The first-order valence-electron chi connectivity index (χ1n) is 27.1. The Hall–Kier alpha value is -7.20. The van der Waals surface area contributed by atoms with Gasteiger partial charge in [-0.15, -0.1) is 41.4 Å². The first-order chi connectivity index (χ1) is 36.5. The number of anilines is 4. The van der Waals surface area contributed by atoms with E-state index >= 15 is 0 Å². The van der Waals surface area contributed by atoms with Crippen LogP contribution in [0.2, 0.25) is 0 Å². The first-order valence-corrected chi connectivity index (χ1v) is 22.1. The molecule has 0 aliphatic rings. The molecule has 0 aliphatic carbocycles. The van der Waals surface area contributed by atoms with Gasteiger partial charge in [0.05, 0.1) is 25.1 Å². The Morgan fingerprint density at radius 1 is 0.603 bits per heavy atom. The van der Waals surface area contributed by atoms with Crippen molar-refractivity contribution >= 4 is 44.6 Å². The van der Waals surface area contributed by atoms with Gasteiger partial charge < -0.3 is 19.5 Å². The van der Waals surface area contributed by atoms with Crippen LogP contribution in [0.25, 0.3) is 61.0 Å². The predicted molar refractivity (Wildman–Crippen MR) is 280 cm³/mol. The van der Waals surface area contributed by atoms with Crippen LogP contribution in [-0.2, 0) is 31.9 Å².